The molecule has 0 saturated carbocycles. The van der Waals surface area contributed by atoms with Crippen LogP contribution in [0, 0.1) is 0 Å². The van der Waals surface area contributed by atoms with Crippen LogP contribution in [0.15, 0.2) is 36.9 Å². The normalized spacial score (nSPS) is 11.2. The Bertz CT molecular complexity index is 712. The molecule has 2 heterocycles. The van der Waals surface area contributed by atoms with Crippen LogP contribution in [-0.4, -0.2) is 40.0 Å². The zero-order valence-electron chi connectivity index (χ0n) is 11.0. The van der Waals surface area contributed by atoms with Crippen molar-refractivity contribution in [2.24, 2.45) is 0 Å². The first-order chi connectivity index (χ1) is 9.94. The van der Waals surface area contributed by atoms with Gasteiger partial charge in [0.05, 0.1) is 17.6 Å². The first kappa shape index (κ1) is 15.0. The highest BCUT2D eigenvalue weighted by atomic mass is 32.2. The predicted molar refractivity (Wildman–Crippen MR) is 75.2 cm³/mol. The van der Waals surface area contributed by atoms with E-state index < -0.39 is 16.0 Å². The van der Waals surface area contributed by atoms with Crippen molar-refractivity contribution in [3.05, 3.63) is 42.5 Å². The molecule has 0 aromatic carbocycles. The molecule has 2 aromatic heterocycles. The number of hydrogen-bond acceptors (Lipinski definition) is 5. The Kier molecular flexibility index (Phi) is 4.53. The van der Waals surface area contributed by atoms with Crippen molar-refractivity contribution in [2.75, 3.05) is 10.5 Å². The fourth-order valence-electron chi connectivity index (χ4n) is 1.67. The van der Waals surface area contributed by atoms with Gasteiger partial charge in [0.15, 0.2) is 0 Å². The first-order valence-corrected chi connectivity index (χ1v) is 7.73. The molecular formula is C12H14N4O4S. The van der Waals surface area contributed by atoms with Gasteiger partial charge in [-0.25, -0.2) is 8.42 Å². The molecule has 2 N–H and O–H groups in total. The average Bonchev–Trinajstić information content (AvgIpc) is 2.83. The van der Waals surface area contributed by atoms with E-state index >= 15 is 0 Å². The molecule has 0 aliphatic heterocycles. The highest BCUT2D eigenvalue weighted by molar-refractivity contribution is 7.92. The van der Waals surface area contributed by atoms with E-state index in [4.69, 9.17) is 5.11 Å². The quantitative estimate of drug-likeness (QED) is 0.762. The number of nitrogens with one attached hydrogen (secondary N) is 1. The van der Waals surface area contributed by atoms with Crippen LogP contribution in [0.2, 0.25) is 0 Å². The lowest BCUT2D eigenvalue weighted by atomic mass is 10.2. The van der Waals surface area contributed by atoms with Gasteiger partial charge in [-0.1, -0.05) is 0 Å². The van der Waals surface area contributed by atoms with Crippen LogP contribution in [-0.2, 0) is 27.8 Å². The van der Waals surface area contributed by atoms with Crippen molar-refractivity contribution in [1.82, 2.24) is 14.8 Å². The summed E-state index contributed by atoms with van der Waals surface area (Å²) in [6, 6.07) is 3.50. The Hall–Kier alpha value is -2.42. The molecule has 112 valence electrons. The summed E-state index contributed by atoms with van der Waals surface area (Å²) in [7, 11) is -3.52. The maximum absolute atomic E-state index is 11.9. The Morgan fingerprint density at radius 2 is 2.05 bits per heavy atom. The molecular weight excluding hydrogens is 296 g/mol. The maximum Gasteiger partial charge on any atom is 0.325 e. The second-order valence-electron chi connectivity index (χ2n) is 4.35. The third-order valence-corrected chi connectivity index (χ3v) is 3.90. The summed E-state index contributed by atoms with van der Waals surface area (Å²) < 4.78 is 27.4. The summed E-state index contributed by atoms with van der Waals surface area (Å²) in [4.78, 5) is 14.4. The van der Waals surface area contributed by atoms with Crippen LogP contribution in [0.3, 0.4) is 0 Å². The summed E-state index contributed by atoms with van der Waals surface area (Å²) in [5.74, 6) is -1.13. The van der Waals surface area contributed by atoms with Crippen molar-refractivity contribution < 1.29 is 18.3 Å². The number of carboxylic acids is 1. The minimum Gasteiger partial charge on any atom is -0.480 e. The van der Waals surface area contributed by atoms with Gasteiger partial charge in [0.25, 0.3) is 0 Å². The number of nitrogens with zero attached hydrogens (tertiary/aromatic N) is 3. The van der Waals surface area contributed by atoms with Gasteiger partial charge in [0, 0.05) is 18.6 Å². The van der Waals surface area contributed by atoms with E-state index in [0.29, 0.717) is 6.42 Å². The van der Waals surface area contributed by atoms with Gasteiger partial charge >= 0.3 is 5.97 Å². The molecule has 8 nitrogen and oxygen atoms in total. The lowest BCUT2D eigenvalue weighted by Gasteiger charge is -2.05. The molecule has 21 heavy (non-hydrogen) atoms. The van der Waals surface area contributed by atoms with Crippen LogP contribution in [0.25, 0.3) is 0 Å². The molecule has 0 saturated heterocycles. The highest BCUT2D eigenvalue weighted by Crippen LogP contribution is 2.09. The first-order valence-electron chi connectivity index (χ1n) is 6.08. The van der Waals surface area contributed by atoms with Gasteiger partial charge in [0.1, 0.15) is 6.54 Å². The molecule has 0 atom stereocenters. The smallest absolute Gasteiger partial charge is 0.325 e. The third-order valence-electron chi connectivity index (χ3n) is 2.61. The largest absolute Gasteiger partial charge is 0.480 e. The monoisotopic (exact) mass is 310 g/mol. The van der Waals surface area contributed by atoms with Crippen LogP contribution in [0.4, 0.5) is 5.69 Å². The number of carboxylic acid groups (broad SMARTS) is 1. The Morgan fingerprint density at radius 1 is 1.33 bits per heavy atom. The van der Waals surface area contributed by atoms with E-state index in [0.717, 1.165) is 10.2 Å². The number of hydrogen-bond donors (Lipinski definition) is 2. The molecule has 2 rings (SSSR count). The fourth-order valence-corrected chi connectivity index (χ4v) is 2.74. The summed E-state index contributed by atoms with van der Waals surface area (Å²) in [5.41, 5.74) is 1.11. The van der Waals surface area contributed by atoms with Crippen molar-refractivity contribution in [3.8, 4) is 0 Å². The molecule has 0 aliphatic rings. The zero-order valence-corrected chi connectivity index (χ0v) is 11.8. The molecule has 0 amide bonds. The number of carbonyl (C=O) groups is 1. The van der Waals surface area contributed by atoms with Gasteiger partial charge < -0.3 is 5.11 Å². The van der Waals surface area contributed by atoms with Gasteiger partial charge in [-0.3, -0.25) is 19.2 Å². The molecule has 2 aromatic rings. The Balaban J connectivity index is 1.94. The number of aromatic nitrogens is 3. The number of rotatable bonds is 7. The standard InChI is InChI=1S/C12H14N4O4S/c17-12(18)9-16-8-11(7-14-16)15-21(19,20)6-3-10-1-4-13-5-2-10/h1-2,4-5,7-8,15H,3,6,9H2,(H,17,18). The highest BCUT2D eigenvalue weighted by Gasteiger charge is 2.12. The molecule has 0 aliphatic carbocycles. The van der Waals surface area contributed by atoms with Crippen molar-refractivity contribution >= 4 is 21.7 Å². The molecule has 9 heteroatoms. The van der Waals surface area contributed by atoms with Crippen LogP contribution in [0.1, 0.15) is 5.56 Å². The maximum atomic E-state index is 11.9. The molecule has 0 bridgehead atoms. The van der Waals surface area contributed by atoms with E-state index in [1.165, 1.54) is 12.4 Å². The molecule has 0 unspecified atom stereocenters. The lowest BCUT2D eigenvalue weighted by molar-refractivity contribution is -0.137. The number of pyridine rings is 1. The second kappa shape index (κ2) is 6.35. The number of anilines is 1. The van der Waals surface area contributed by atoms with Crippen LogP contribution >= 0.6 is 0 Å². The third kappa shape index (κ3) is 4.88. The van der Waals surface area contributed by atoms with E-state index in [-0.39, 0.29) is 18.0 Å². The van der Waals surface area contributed by atoms with Crippen molar-refractivity contribution in [3.63, 3.8) is 0 Å². The van der Waals surface area contributed by atoms with E-state index in [1.807, 2.05) is 0 Å². The van der Waals surface area contributed by atoms with E-state index in [2.05, 4.69) is 14.8 Å². The second-order valence-corrected chi connectivity index (χ2v) is 6.19. The summed E-state index contributed by atoms with van der Waals surface area (Å²) in [6.45, 7) is -0.321. The van der Waals surface area contributed by atoms with Crippen molar-refractivity contribution in [2.45, 2.75) is 13.0 Å². The number of aryl methyl sites for hydroxylation is 1. The van der Waals surface area contributed by atoms with Crippen LogP contribution < -0.4 is 4.72 Å². The molecule has 0 spiro atoms. The summed E-state index contributed by atoms with van der Waals surface area (Å²) >= 11 is 0. The SMILES string of the molecule is O=C(O)Cn1cc(NS(=O)(=O)CCc2ccncc2)cn1. The average molecular weight is 310 g/mol. The summed E-state index contributed by atoms with van der Waals surface area (Å²) in [5, 5.41) is 12.4. The van der Waals surface area contributed by atoms with Gasteiger partial charge in [-0.15, -0.1) is 0 Å². The lowest BCUT2D eigenvalue weighted by Crippen LogP contribution is -2.18. The Labute approximate surface area is 121 Å². The van der Waals surface area contributed by atoms with Gasteiger partial charge in [0.2, 0.25) is 10.0 Å². The number of sulfonamides is 1. The van der Waals surface area contributed by atoms with E-state index in [1.54, 1.807) is 24.5 Å². The van der Waals surface area contributed by atoms with Gasteiger partial charge in [-0.2, -0.15) is 5.10 Å². The topological polar surface area (TPSA) is 114 Å². The zero-order chi connectivity index (χ0) is 15.3. The fraction of sp³-hybridized carbons (Fsp3) is 0.250. The van der Waals surface area contributed by atoms with E-state index in [9.17, 15) is 13.2 Å². The Morgan fingerprint density at radius 3 is 2.71 bits per heavy atom. The van der Waals surface area contributed by atoms with Gasteiger partial charge in [-0.05, 0) is 24.1 Å². The summed E-state index contributed by atoms with van der Waals surface area (Å²) in [6.07, 6.45) is 6.17. The number of aliphatic carboxylic acids is 1. The van der Waals surface area contributed by atoms with Crippen LogP contribution in [0.5, 0.6) is 0 Å². The minimum atomic E-state index is -3.52. The predicted octanol–water partition coefficient (Wildman–Crippen LogP) is 0.347. The minimum absolute atomic E-state index is 0.0822. The molecule has 0 radical (unpaired) electrons. The molecule has 0 fully saturated rings. The van der Waals surface area contributed by atoms with Crippen molar-refractivity contribution in [1.29, 1.82) is 0 Å².